The molecule has 3 unspecified atom stereocenters. The van der Waals surface area contributed by atoms with Gasteiger partial charge in [-0.2, -0.15) is 0 Å². The van der Waals surface area contributed by atoms with E-state index >= 15 is 0 Å². The maximum Gasteiger partial charge on any atom is 0.119 e. The first-order chi connectivity index (χ1) is 11.3. The predicted octanol–water partition coefficient (Wildman–Crippen LogP) is 4.53. The van der Waals surface area contributed by atoms with Gasteiger partial charge in [0.25, 0.3) is 0 Å². The molecule has 2 aliphatic rings. The number of anilines is 1. The van der Waals surface area contributed by atoms with Crippen LogP contribution in [0.25, 0.3) is 0 Å². The number of nitrogens with one attached hydrogen (secondary N) is 1. The van der Waals surface area contributed by atoms with Gasteiger partial charge in [-0.3, -0.25) is 0 Å². The van der Waals surface area contributed by atoms with Crippen LogP contribution in [0.1, 0.15) is 29.5 Å². The van der Waals surface area contributed by atoms with E-state index in [9.17, 15) is 0 Å². The molecule has 1 heterocycles. The Labute approximate surface area is 136 Å². The molecule has 0 saturated carbocycles. The van der Waals surface area contributed by atoms with Crippen molar-refractivity contribution in [3.8, 4) is 11.5 Å². The summed E-state index contributed by atoms with van der Waals surface area (Å²) in [4.78, 5) is 0. The summed E-state index contributed by atoms with van der Waals surface area (Å²) in [6.45, 7) is 0. The van der Waals surface area contributed by atoms with E-state index in [-0.39, 0.29) is 0 Å². The quantitative estimate of drug-likeness (QED) is 0.845. The molecule has 3 atom stereocenters. The Bertz CT molecular complexity index is 736. The van der Waals surface area contributed by atoms with Crippen LogP contribution in [0.15, 0.2) is 54.6 Å². The fourth-order valence-electron chi connectivity index (χ4n) is 3.84. The topological polar surface area (TPSA) is 30.5 Å². The van der Waals surface area contributed by atoms with Crippen LogP contribution in [0.4, 0.5) is 5.69 Å². The number of benzene rings is 2. The highest BCUT2D eigenvalue weighted by Gasteiger charge is 2.37. The van der Waals surface area contributed by atoms with Crippen LogP contribution in [0.5, 0.6) is 11.5 Å². The Balaban J connectivity index is 1.72. The highest BCUT2D eigenvalue weighted by Crippen LogP contribution is 2.50. The van der Waals surface area contributed by atoms with Crippen molar-refractivity contribution in [2.45, 2.75) is 18.4 Å². The van der Waals surface area contributed by atoms with Gasteiger partial charge < -0.3 is 14.8 Å². The Kier molecular flexibility index (Phi) is 3.49. The molecule has 0 radical (unpaired) electrons. The lowest BCUT2D eigenvalue weighted by atomic mass is 9.77. The number of allylic oxidation sites excluding steroid dienone is 2. The maximum atomic E-state index is 5.40. The molecule has 0 amide bonds. The fraction of sp³-hybridized carbons (Fsp3) is 0.300. The maximum absolute atomic E-state index is 5.40. The Morgan fingerprint density at radius 1 is 0.957 bits per heavy atom. The van der Waals surface area contributed by atoms with Gasteiger partial charge in [-0.05, 0) is 53.8 Å². The third-order valence-corrected chi connectivity index (χ3v) is 5.04. The minimum atomic E-state index is 0.321. The van der Waals surface area contributed by atoms with Crippen LogP contribution in [-0.2, 0) is 0 Å². The molecule has 1 aliphatic heterocycles. The average molecular weight is 307 g/mol. The van der Waals surface area contributed by atoms with Gasteiger partial charge >= 0.3 is 0 Å². The van der Waals surface area contributed by atoms with Crippen LogP contribution in [0.2, 0.25) is 0 Å². The number of rotatable bonds is 3. The van der Waals surface area contributed by atoms with Crippen molar-refractivity contribution in [1.29, 1.82) is 0 Å². The van der Waals surface area contributed by atoms with Gasteiger partial charge in [0.1, 0.15) is 11.5 Å². The molecule has 3 nitrogen and oxygen atoms in total. The van der Waals surface area contributed by atoms with Crippen molar-refractivity contribution >= 4 is 5.69 Å². The van der Waals surface area contributed by atoms with Gasteiger partial charge in [0, 0.05) is 11.6 Å². The first kappa shape index (κ1) is 14.2. The molecule has 3 heteroatoms. The molecule has 1 aliphatic carbocycles. The number of hydrogen-bond donors (Lipinski definition) is 1. The molecule has 118 valence electrons. The number of ether oxygens (including phenoxy) is 2. The van der Waals surface area contributed by atoms with E-state index in [1.54, 1.807) is 14.2 Å². The zero-order valence-electron chi connectivity index (χ0n) is 13.5. The second kappa shape index (κ2) is 5.65. The van der Waals surface area contributed by atoms with Crippen LogP contribution >= 0.6 is 0 Å². The van der Waals surface area contributed by atoms with Crippen molar-refractivity contribution in [3.05, 3.63) is 65.7 Å². The number of fused-ring (bicyclic) bond motifs is 3. The number of methoxy groups -OCH3 is 2. The average Bonchev–Trinajstić information content (AvgIpc) is 3.11. The summed E-state index contributed by atoms with van der Waals surface area (Å²) in [5, 5.41) is 3.74. The fourth-order valence-corrected chi connectivity index (χ4v) is 3.84. The normalized spacial score (nSPS) is 24.5. The molecular formula is C20H21NO2. The van der Waals surface area contributed by atoms with E-state index in [1.807, 2.05) is 18.2 Å². The standard InChI is InChI=1S/C20H21NO2/c1-22-14-8-6-13(7-9-14)20-17-5-3-4-16(17)18-12-15(23-2)10-11-19(18)21-20/h3-4,6-12,16-17,20-21H,5H2,1-2H3. The third kappa shape index (κ3) is 2.37. The molecular weight excluding hydrogens is 286 g/mol. The SMILES string of the molecule is COc1ccc(C2Nc3ccc(OC)cc3C3C=CCC32)cc1. The molecule has 0 fully saturated rings. The third-order valence-electron chi connectivity index (χ3n) is 5.04. The van der Waals surface area contributed by atoms with E-state index in [2.05, 4.69) is 41.7 Å². The lowest BCUT2D eigenvalue weighted by Crippen LogP contribution is -2.29. The molecule has 0 bridgehead atoms. The summed E-state index contributed by atoms with van der Waals surface area (Å²) < 4.78 is 10.7. The zero-order chi connectivity index (χ0) is 15.8. The van der Waals surface area contributed by atoms with Crippen LogP contribution in [0.3, 0.4) is 0 Å². The smallest absolute Gasteiger partial charge is 0.119 e. The first-order valence-electron chi connectivity index (χ1n) is 8.05. The second-order valence-electron chi connectivity index (χ2n) is 6.20. The molecule has 0 aromatic heterocycles. The summed E-state index contributed by atoms with van der Waals surface area (Å²) in [5.74, 6) is 2.82. The highest BCUT2D eigenvalue weighted by atomic mass is 16.5. The molecule has 2 aromatic carbocycles. The van der Waals surface area contributed by atoms with Gasteiger partial charge in [0.05, 0.1) is 20.3 Å². The predicted molar refractivity (Wildman–Crippen MR) is 92.3 cm³/mol. The summed E-state index contributed by atoms with van der Waals surface area (Å²) in [6, 6.07) is 15.1. The van der Waals surface area contributed by atoms with Crippen molar-refractivity contribution in [2.24, 2.45) is 5.92 Å². The Hall–Kier alpha value is -2.42. The molecule has 0 spiro atoms. The van der Waals surface area contributed by atoms with Gasteiger partial charge in [0.15, 0.2) is 0 Å². The molecule has 2 aromatic rings. The van der Waals surface area contributed by atoms with E-state index in [0.717, 1.165) is 17.9 Å². The summed E-state index contributed by atoms with van der Waals surface area (Å²) in [6.07, 6.45) is 5.76. The van der Waals surface area contributed by atoms with Crippen molar-refractivity contribution in [3.63, 3.8) is 0 Å². The van der Waals surface area contributed by atoms with Crippen LogP contribution in [-0.4, -0.2) is 14.2 Å². The summed E-state index contributed by atoms with van der Waals surface area (Å²) in [5.41, 5.74) is 3.86. The number of hydrogen-bond acceptors (Lipinski definition) is 3. The zero-order valence-corrected chi connectivity index (χ0v) is 13.5. The minimum Gasteiger partial charge on any atom is -0.497 e. The Morgan fingerprint density at radius 3 is 2.43 bits per heavy atom. The Morgan fingerprint density at radius 2 is 1.70 bits per heavy atom. The highest BCUT2D eigenvalue weighted by molar-refractivity contribution is 5.61. The second-order valence-corrected chi connectivity index (χ2v) is 6.20. The van der Waals surface area contributed by atoms with Crippen LogP contribution in [0, 0.1) is 5.92 Å². The van der Waals surface area contributed by atoms with Gasteiger partial charge in [-0.1, -0.05) is 24.3 Å². The molecule has 0 saturated heterocycles. The van der Waals surface area contributed by atoms with Crippen molar-refractivity contribution in [1.82, 2.24) is 0 Å². The lowest BCUT2D eigenvalue weighted by Gasteiger charge is -2.37. The summed E-state index contributed by atoms with van der Waals surface area (Å²) >= 11 is 0. The molecule has 23 heavy (non-hydrogen) atoms. The summed E-state index contributed by atoms with van der Waals surface area (Å²) in [7, 11) is 3.43. The lowest BCUT2D eigenvalue weighted by molar-refractivity contribution is 0.404. The van der Waals surface area contributed by atoms with Gasteiger partial charge in [0.2, 0.25) is 0 Å². The van der Waals surface area contributed by atoms with E-state index in [1.165, 1.54) is 16.8 Å². The van der Waals surface area contributed by atoms with E-state index in [0.29, 0.717) is 17.9 Å². The van der Waals surface area contributed by atoms with Gasteiger partial charge in [-0.25, -0.2) is 0 Å². The van der Waals surface area contributed by atoms with Gasteiger partial charge in [-0.15, -0.1) is 0 Å². The molecule has 1 N–H and O–H groups in total. The first-order valence-corrected chi connectivity index (χ1v) is 8.05. The van der Waals surface area contributed by atoms with Crippen molar-refractivity contribution < 1.29 is 9.47 Å². The van der Waals surface area contributed by atoms with E-state index < -0.39 is 0 Å². The van der Waals surface area contributed by atoms with E-state index in [4.69, 9.17) is 9.47 Å². The molecule has 4 rings (SSSR count). The minimum absolute atomic E-state index is 0.321. The largest absolute Gasteiger partial charge is 0.497 e. The monoisotopic (exact) mass is 307 g/mol. The van der Waals surface area contributed by atoms with Crippen LogP contribution < -0.4 is 14.8 Å². The van der Waals surface area contributed by atoms with Crippen molar-refractivity contribution in [2.75, 3.05) is 19.5 Å².